The Hall–Kier alpha value is -1.83. The lowest BCUT2D eigenvalue weighted by Crippen LogP contribution is -2.27. The Morgan fingerprint density at radius 1 is 1.10 bits per heavy atom. The Morgan fingerprint density at radius 3 is 2.05 bits per heavy atom. The van der Waals surface area contributed by atoms with E-state index in [9.17, 15) is 18.0 Å². The first kappa shape index (κ1) is 15.6. The molecule has 2 heterocycles. The van der Waals surface area contributed by atoms with E-state index in [-0.39, 0.29) is 22.7 Å². The van der Waals surface area contributed by atoms with E-state index in [1.54, 1.807) is 6.92 Å². The lowest BCUT2D eigenvalue weighted by molar-refractivity contribution is 0.0554. The Balaban J connectivity index is 2.89. The second-order valence-electron chi connectivity index (χ2n) is 5.35. The molecule has 0 atom stereocenters. The molecular weight excluding hydrogens is 298 g/mol. The summed E-state index contributed by atoms with van der Waals surface area (Å²) in [5.41, 5.74) is 0.675. The Bertz CT molecular complexity index is 741. The van der Waals surface area contributed by atoms with E-state index in [0.29, 0.717) is 5.69 Å². The molecule has 1 aromatic heterocycles. The predicted molar refractivity (Wildman–Crippen MR) is 73.8 cm³/mol. The molecule has 0 radical (unpaired) electrons. The first-order valence-corrected chi connectivity index (χ1v) is 7.87. The third kappa shape index (κ3) is 1.89. The molecule has 0 fully saturated rings. The molecule has 0 N–H and O–H groups in total. The van der Waals surface area contributed by atoms with E-state index in [1.165, 1.54) is 32.6 Å². The van der Waals surface area contributed by atoms with E-state index in [0.717, 1.165) is 0 Å². The van der Waals surface area contributed by atoms with Crippen molar-refractivity contribution in [2.75, 3.05) is 14.2 Å². The SMILES string of the molecule is COC(=O)c1c(C(=O)OC)c2n(c1C)CS(=O)(=O)C2(C)C. The molecular formula is C13H17NO6S. The summed E-state index contributed by atoms with van der Waals surface area (Å²) in [6.07, 6.45) is 0. The maximum Gasteiger partial charge on any atom is 0.340 e. The van der Waals surface area contributed by atoms with Crippen LogP contribution in [0.25, 0.3) is 0 Å². The molecule has 0 unspecified atom stereocenters. The molecule has 0 aliphatic carbocycles. The van der Waals surface area contributed by atoms with Gasteiger partial charge in [0.2, 0.25) is 0 Å². The summed E-state index contributed by atoms with van der Waals surface area (Å²) in [5.74, 6) is -1.72. The van der Waals surface area contributed by atoms with E-state index in [4.69, 9.17) is 9.47 Å². The molecule has 1 aliphatic rings. The summed E-state index contributed by atoms with van der Waals surface area (Å²) < 4.78 is 34.2. The minimum absolute atomic E-state index is 0.0343. The van der Waals surface area contributed by atoms with Crippen LogP contribution in [0.2, 0.25) is 0 Å². The van der Waals surface area contributed by atoms with Gasteiger partial charge in [0, 0.05) is 5.69 Å². The number of hydrogen-bond donors (Lipinski definition) is 0. The smallest absolute Gasteiger partial charge is 0.340 e. The average molecular weight is 315 g/mol. The second-order valence-corrected chi connectivity index (χ2v) is 7.86. The van der Waals surface area contributed by atoms with Crippen molar-refractivity contribution < 1.29 is 27.5 Å². The van der Waals surface area contributed by atoms with Crippen LogP contribution < -0.4 is 0 Å². The molecule has 0 aromatic carbocycles. The monoisotopic (exact) mass is 315 g/mol. The third-order valence-corrected chi connectivity index (χ3v) is 6.30. The summed E-state index contributed by atoms with van der Waals surface area (Å²) >= 11 is 0. The Kier molecular flexibility index (Phi) is 3.40. The molecule has 1 aromatic rings. The van der Waals surface area contributed by atoms with E-state index >= 15 is 0 Å². The van der Waals surface area contributed by atoms with Gasteiger partial charge in [-0.15, -0.1) is 0 Å². The van der Waals surface area contributed by atoms with Crippen LogP contribution in [-0.4, -0.2) is 39.1 Å². The molecule has 0 spiro atoms. The van der Waals surface area contributed by atoms with Gasteiger partial charge in [-0.05, 0) is 20.8 Å². The summed E-state index contributed by atoms with van der Waals surface area (Å²) in [7, 11) is -1.09. The van der Waals surface area contributed by atoms with Gasteiger partial charge in [-0.3, -0.25) is 0 Å². The first-order valence-electron chi connectivity index (χ1n) is 6.22. The largest absolute Gasteiger partial charge is 0.465 e. The zero-order valence-electron chi connectivity index (χ0n) is 12.5. The van der Waals surface area contributed by atoms with Gasteiger partial charge in [0.05, 0.1) is 31.0 Å². The van der Waals surface area contributed by atoms with Crippen LogP contribution in [0.5, 0.6) is 0 Å². The fourth-order valence-electron chi connectivity index (χ4n) is 2.66. The van der Waals surface area contributed by atoms with Crippen molar-refractivity contribution in [3.63, 3.8) is 0 Å². The maximum atomic E-state index is 12.3. The predicted octanol–water partition coefficient (Wildman–Crippen LogP) is 0.991. The van der Waals surface area contributed by atoms with Crippen LogP contribution >= 0.6 is 0 Å². The van der Waals surface area contributed by atoms with Crippen molar-refractivity contribution in [3.8, 4) is 0 Å². The standard InChI is InChI=1S/C13H17NO6S/c1-7-8(11(15)19-4)9(12(16)20-5)10-13(2,3)21(17,18)6-14(7)10/h6H2,1-5H3. The Labute approximate surface area is 122 Å². The van der Waals surface area contributed by atoms with E-state index in [2.05, 4.69) is 0 Å². The molecule has 0 saturated heterocycles. The van der Waals surface area contributed by atoms with Crippen LogP contribution in [0.3, 0.4) is 0 Å². The van der Waals surface area contributed by atoms with Gasteiger partial charge in [0.15, 0.2) is 9.84 Å². The van der Waals surface area contributed by atoms with Crippen molar-refractivity contribution in [1.82, 2.24) is 4.57 Å². The number of esters is 2. The average Bonchev–Trinajstić information content (AvgIpc) is 2.79. The lowest BCUT2D eigenvalue weighted by Gasteiger charge is -2.18. The van der Waals surface area contributed by atoms with Gasteiger partial charge in [0.25, 0.3) is 0 Å². The molecule has 0 amide bonds. The number of nitrogens with zero attached hydrogens (tertiary/aromatic N) is 1. The number of aromatic nitrogens is 1. The molecule has 0 bridgehead atoms. The first-order chi connectivity index (χ1) is 9.60. The lowest BCUT2D eigenvalue weighted by atomic mass is 10.0. The van der Waals surface area contributed by atoms with Crippen molar-refractivity contribution in [2.24, 2.45) is 0 Å². The summed E-state index contributed by atoms with van der Waals surface area (Å²) in [6, 6.07) is 0. The molecule has 8 heteroatoms. The number of carbonyl (C=O) groups excluding carboxylic acids is 2. The van der Waals surface area contributed by atoms with Crippen LogP contribution in [0.1, 0.15) is 46.0 Å². The zero-order chi connectivity index (χ0) is 16.2. The molecule has 2 rings (SSSR count). The molecule has 116 valence electrons. The van der Waals surface area contributed by atoms with Gasteiger partial charge in [-0.2, -0.15) is 0 Å². The number of rotatable bonds is 2. The van der Waals surface area contributed by atoms with Crippen molar-refractivity contribution in [2.45, 2.75) is 31.4 Å². The van der Waals surface area contributed by atoms with Gasteiger partial charge in [-0.25, -0.2) is 18.0 Å². The highest BCUT2D eigenvalue weighted by atomic mass is 32.2. The molecule has 7 nitrogen and oxygen atoms in total. The number of sulfone groups is 1. The fourth-order valence-corrected chi connectivity index (χ4v) is 4.15. The summed E-state index contributed by atoms with van der Waals surface area (Å²) in [5, 5.41) is 0. The quantitative estimate of drug-likeness (QED) is 0.756. The number of hydrogen-bond acceptors (Lipinski definition) is 6. The highest BCUT2D eigenvalue weighted by molar-refractivity contribution is 7.91. The molecule has 0 saturated carbocycles. The van der Waals surface area contributed by atoms with Crippen molar-refractivity contribution >= 4 is 21.8 Å². The number of ether oxygens (including phenoxy) is 2. The van der Waals surface area contributed by atoms with Crippen LogP contribution in [-0.2, 0) is 29.9 Å². The maximum absolute atomic E-state index is 12.3. The second kappa shape index (κ2) is 4.59. The summed E-state index contributed by atoms with van der Waals surface area (Å²) in [4.78, 5) is 24.0. The molecule has 1 aliphatic heterocycles. The van der Waals surface area contributed by atoms with Crippen LogP contribution in [0.15, 0.2) is 0 Å². The topological polar surface area (TPSA) is 91.7 Å². The van der Waals surface area contributed by atoms with E-state index < -0.39 is 26.5 Å². The normalized spacial score (nSPS) is 18.1. The van der Waals surface area contributed by atoms with Gasteiger partial charge >= 0.3 is 11.9 Å². The highest BCUT2D eigenvalue weighted by Gasteiger charge is 2.50. The Morgan fingerprint density at radius 2 is 1.57 bits per heavy atom. The fraction of sp³-hybridized carbons (Fsp3) is 0.538. The van der Waals surface area contributed by atoms with Crippen LogP contribution in [0.4, 0.5) is 0 Å². The van der Waals surface area contributed by atoms with Crippen molar-refractivity contribution in [3.05, 3.63) is 22.5 Å². The van der Waals surface area contributed by atoms with Gasteiger partial charge in [-0.1, -0.05) is 0 Å². The van der Waals surface area contributed by atoms with Gasteiger partial charge in [0.1, 0.15) is 10.6 Å². The third-order valence-electron chi connectivity index (χ3n) is 3.95. The number of carbonyl (C=O) groups is 2. The van der Waals surface area contributed by atoms with E-state index in [1.807, 2.05) is 0 Å². The number of methoxy groups -OCH3 is 2. The van der Waals surface area contributed by atoms with Crippen molar-refractivity contribution in [1.29, 1.82) is 0 Å². The minimum Gasteiger partial charge on any atom is -0.465 e. The molecule has 21 heavy (non-hydrogen) atoms. The number of fused-ring (bicyclic) bond motifs is 1. The zero-order valence-corrected chi connectivity index (χ0v) is 13.3. The van der Waals surface area contributed by atoms with Gasteiger partial charge < -0.3 is 14.0 Å². The minimum atomic E-state index is -3.47. The highest BCUT2D eigenvalue weighted by Crippen LogP contribution is 2.43. The van der Waals surface area contributed by atoms with Crippen LogP contribution in [0, 0.1) is 6.92 Å². The summed E-state index contributed by atoms with van der Waals surface area (Å²) in [6.45, 7) is 4.60.